The number of likely N-dealkylation sites (N-methyl/N-ethyl adjacent to an activating group) is 1. The fourth-order valence-electron chi connectivity index (χ4n) is 3.29. The molecule has 0 amide bonds. The van der Waals surface area contributed by atoms with Crippen LogP contribution in [0.5, 0.6) is 0 Å². The third-order valence-corrected chi connectivity index (χ3v) is 4.90. The molecule has 1 aliphatic carbocycles. The van der Waals surface area contributed by atoms with Crippen molar-refractivity contribution in [2.45, 2.75) is 25.3 Å². The molecule has 2 aliphatic rings. The van der Waals surface area contributed by atoms with Crippen LogP contribution in [0, 0.1) is 0 Å². The maximum atomic E-state index is 5.81. The molecular formula is C17H24N6. The highest BCUT2D eigenvalue weighted by atomic mass is 15.4. The van der Waals surface area contributed by atoms with Crippen LogP contribution in [0.15, 0.2) is 24.3 Å². The van der Waals surface area contributed by atoms with Gasteiger partial charge in [0.2, 0.25) is 0 Å². The molecule has 6 heteroatoms. The highest BCUT2D eigenvalue weighted by Crippen LogP contribution is 2.41. The van der Waals surface area contributed by atoms with Gasteiger partial charge in [0.1, 0.15) is 5.69 Å². The van der Waals surface area contributed by atoms with E-state index in [-0.39, 0.29) is 0 Å². The van der Waals surface area contributed by atoms with Gasteiger partial charge in [-0.3, -0.25) is 0 Å². The van der Waals surface area contributed by atoms with Crippen molar-refractivity contribution in [2.24, 2.45) is 5.73 Å². The number of hydrogen-bond acceptors (Lipinski definition) is 5. The maximum Gasteiger partial charge on any atom is 0.100 e. The van der Waals surface area contributed by atoms with Crippen LogP contribution in [0.25, 0.3) is 5.69 Å². The summed E-state index contributed by atoms with van der Waals surface area (Å²) in [6.45, 7) is 4.88. The quantitative estimate of drug-likeness (QED) is 0.923. The van der Waals surface area contributed by atoms with Gasteiger partial charge in [0.05, 0.1) is 11.4 Å². The van der Waals surface area contributed by atoms with Crippen molar-refractivity contribution in [1.29, 1.82) is 0 Å². The third-order valence-electron chi connectivity index (χ3n) is 4.90. The van der Waals surface area contributed by atoms with Crippen LogP contribution < -0.4 is 10.6 Å². The molecule has 2 fully saturated rings. The third kappa shape index (κ3) is 2.84. The Bertz CT molecular complexity index is 665. The molecule has 2 N–H and O–H groups in total. The summed E-state index contributed by atoms with van der Waals surface area (Å²) in [6, 6.07) is 8.69. The number of anilines is 1. The summed E-state index contributed by atoms with van der Waals surface area (Å²) in [6.07, 6.45) is 2.44. The average Bonchev–Trinajstić information content (AvgIpc) is 3.34. The standard InChI is InChI=1S/C17H24N6/c1-21-8-10-22(11-9-21)14-4-6-15(7-5-14)23-17(13-2-3-13)16(12-18)19-20-23/h4-7,13H,2-3,8-12,18H2,1H3. The number of nitrogens with two attached hydrogens (primary N) is 1. The van der Waals surface area contributed by atoms with E-state index in [2.05, 4.69) is 51.4 Å². The predicted octanol–water partition coefficient (Wildman–Crippen LogP) is 1.36. The lowest BCUT2D eigenvalue weighted by Crippen LogP contribution is -2.44. The fourth-order valence-corrected chi connectivity index (χ4v) is 3.29. The Hall–Kier alpha value is -1.92. The summed E-state index contributed by atoms with van der Waals surface area (Å²) in [4.78, 5) is 4.81. The molecule has 4 rings (SSSR count). The van der Waals surface area contributed by atoms with Gasteiger partial charge < -0.3 is 15.5 Å². The molecule has 2 heterocycles. The first-order valence-electron chi connectivity index (χ1n) is 8.44. The maximum absolute atomic E-state index is 5.81. The molecule has 1 saturated heterocycles. The normalized spacial score (nSPS) is 19.3. The Balaban J connectivity index is 1.58. The zero-order valence-corrected chi connectivity index (χ0v) is 13.6. The second-order valence-electron chi connectivity index (χ2n) is 6.62. The number of nitrogens with zero attached hydrogens (tertiary/aromatic N) is 5. The summed E-state index contributed by atoms with van der Waals surface area (Å²) in [5.41, 5.74) is 10.3. The van der Waals surface area contributed by atoms with Crippen molar-refractivity contribution >= 4 is 5.69 Å². The van der Waals surface area contributed by atoms with Gasteiger partial charge in [-0.05, 0) is 44.2 Å². The van der Waals surface area contributed by atoms with Gasteiger partial charge in [-0.25, -0.2) is 4.68 Å². The Morgan fingerprint density at radius 3 is 2.30 bits per heavy atom. The average molecular weight is 312 g/mol. The molecule has 0 atom stereocenters. The van der Waals surface area contributed by atoms with E-state index in [1.807, 2.05) is 4.68 Å². The van der Waals surface area contributed by atoms with Crippen LogP contribution in [0.4, 0.5) is 5.69 Å². The number of hydrogen-bond donors (Lipinski definition) is 1. The van der Waals surface area contributed by atoms with Crippen molar-refractivity contribution in [3.63, 3.8) is 0 Å². The second-order valence-corrected chi connectivity index (χ2v) is 6.62. The number of benzene rings is 1. The van der Waals surface area contributed by atoms with Crippen molar-refractivity contribution in [3.05, 3.63) is 35.7 Å². The Labute approximate surface area is 136 Å². The van der Waals surface area contributed by atoms with Crippen LogP contribution in [0.1, 0.15) is 30.1 Å². The first kappa shape index (κ1) is 14.7. The van der Waals surface area contributed by atoms with Crippen molar-refractivity contribution in [1.82, 2.24) is 19.9 Å². The molecule has 0 unspecified atom stereocenters. The Morgan fingerprint density at radius 2 is 1.70 bits per heavy atom. The summed E-state index contributed by atoms with van der Waals surface area (Å²) in [7, 11) is 2.18. The molecule has 0 bridgehead atoms. The zero-order valence-electron chi connectivity index (χ0n) is 13.6. The molecule has 1 aromatic heterocycles. The lowest BCUT2D eigenvalue weighted by molar-refractivity contribution is 0.313. The summed E-state index contributed by atoms with van der Waals surface area (Å²) in [5, 5.41) is 8.60. The van der Waals surface area contributed by atoms with E-state index in [0.717, 1.165) is 37.6 Å². The van der Waals surface area contributed by atoms with Crippen LogP contribution in [0.3, 0.4) is 0 Å². The first-order valence-corrected chi connectivity index (χ1v) is 8.44. The van der Waals surface area contributed by atoms with Crippen LogP contribution >= 0.6 is 0 Å². The van der Waals surface area contributed by atoms with E-state index in [1.54, 1.807) is 0 Å². The molecule has 23 heavy (non-hydrogen) atoms. The van der Waals surface area contributed by atoms with Gasteiger partial charge in [-0.1, -0.05) is 5.21 Å². The van der Waals surface area contributed by atoms with Gasteiger partial charge in [0.15, 0.2) is 0 Å². The first-order chi connectivity index (χ1) is 11.3. The summed E-state index contributed by atoms with van der Waals surface area (Å²) < 4.78 is 1.98. The molecule has 1 saturated carbocycles. The van der Waals surface area contributed by atoms with E-state index in [4.69, 9.17) is 5.73 Å². The molecule has 6 nitrogen and oxygen atoms in total. The molecule has 2 aromatic rings. The molecule has 0 spiro atoms. The van der Waals surface area contributed by atoms with Gasteiger partial charge >= 0.3 is 0 Å². The van der Waals surface area contributed by atoms with Gasteiger partial charge in [0, 0.05) is 44.3 Å². The minimum absolute atomic E-state index is 0.464. The van der Waals surface area contributed by atoms with Crippen molar-refractivity contribution in [2.75, 3.05) is 38.1 Å². The number of rotatable bonds is 4. The molecule has 0 radical (unpaired) electrons. The number of aromatic nitrogens is 3. The fraction of sp³-hybridized carbons (Fsp3) is 0.529. The number of piperazine rings is 1. The van der Waals surface area contributed by atoms with E-state index in [1.165, 1.54) is 24.2 Å². The Kier molecular flexibility index (Phi) is 3.79. The lowest BCUT2D eigenvalue weighted by atomic mass is 10.2. The van der Waals surface area contributed by atoms with E-state index >= 15 is 0 Å². The zero-order chi connectivity index (χ0) is 15.8. The Morgan fingerprint density at radius 1 is 1.04 bits per heavy atom. The molecular weight excluding hydrogens is 288 g/mol. The van der Waals surface area contributed by atoms with E-state index in [9.17, 15) is 0 Å². The molecule has 1 aliphatic heterocycles. The second kappa shape index (κ2) is 5.94. The van der Waals surface area contributed by atoms with Gasteiger partial charge in [-0.2, -0.15) is 0 Å². The van der Waals surface area contributed by atoms with Crippen molar-refractivity contribution < 1.29 is 0 Å². The van der Waals surface area contributed by atoms with Gasteiger partial charge in [-0.15, -0.1) is 5.10 Å². The SMILES string of the molecule is CN1CCN(c2ccc(-n3nnc(CN)c3C3CC3)cc2)CC1. The largest absolute Gasteiger partial charge is 0.369 e. The topological polar surface area (TPSA) is 63.2 Å². The van der Waals surface area contributed by atoms with E-state index < -0.39 is 0 Å². The lowest BCUT2D eigenvalue weighted by Gasteiger charge is -2.34. The monoisotopic (exact) mass is 312 g/mol. The molecule has 122 valence electrons. The minimum atomic E-state index is 0.464. The van der Waals surface area contributed by atoms with Gasteiger partial charge in [0.25, 0.3) is 0 Å². The minimum Gasteiger partial charge on any atom is -0.369 e. The van der Waals surface area contributed by atoms with E-state index in [0.29, 0.717) is 12.5 Å². The van der Waals surface area contributed by atoms with Crippen LogP contribution in [-0.4, -0.2) is 53.1 Å². The van der Waals surface area contributed by atoms with Crippen LogP contribution in [0.2, 0.25) is 0 Å². The summed E-state index contributed by atoms with van der Waals surface area (Å²) >= 11 is 0. The highest BCUT2D eigenvalue weighted by Gasteiger charge is 2.31. The molecule has 1 aromatic carbocycles. The predicted molar refractivity (Wildman–Crippen MR) is 90.9 cm³/mol. The van der Waals surface area contributed by atoms with Crippen LogP contribution in [-0.2, 0) is 6.54 Å². The smallest absolute Gasteiger partial charge is 0.100 e. The van der Waals surface area contributed by atoms with Crippen molar-refractivity contribution in [3.8, 4) is 5.69 Å². The summed E-state index contributed by atoms with van der Waals surface area (Å²) in [5.74, 6) is 0.584. The highest BCUT2D eigenvalue weighted by molar-refractivity contribution is 5.51.